The molecular formula is C10H6ClI. The highest BCUT2D eigenvalue weighted by molar-refractivity contribution is 14.1. The summed E-state index contributed by atoms with van der Waals surface area (Å²) in [5.41, 5.74) is 0. The fourth-order valence-electron chi connectivity index (χ4n) is 1.19. The maximum absolute atomic E-state index is 5.87. The largest absolute Gasteiger partial charge is 0.0843 e. The van der Waals surface area contributed by atoms with E-state index in [0.717, 1.165) is 5.02 Å². The summed E-state index contributed by atoms with van der Waals surface area (Å²) in [4.78, 5) is 0. The average molecular weight is 289 g/mol. The number of rotatable bonds is 0. The van der Waals surface area contributed by atoms with Gasteiger partial charge in [0, 0.05) is 8.59 Å². The molecule has 0 saturated carbocycles. The Balaban J connectivity index is 2.80. The van der Waals surface area contributed by atoms with Crippen molar-refractivity contribution in [1.29, 1.82) is 0 Å². The lowest BCUT2D eigenvalue weighted by molar-refractivity contribution is 1.70. The molecule has 2 rings (SSSR count). The van der Waals surface area contributed by atoms with Gasteiger partial charge in [-0.1, -0.05) is 23.7 Å². The zero-order chi connectivity index (χ0) is 8.55. The lowest BCUT2D eigenvalue weighted by Gasteiger charge is -1.98. The molecule has 0 aliphatic carbocycles. The van der Waals surface area contributed by atoms with E-state index in [2.05, 4.69) is 40.8 Å². The summed E-state index contributed by atoms with van der Waals surface area (Å²) in [6, 6.07) is 12.3. The standard InChI is InChI=1S/C10H6ClI/c11-9-3-1-7-2-4-10(12)6-8(7)5-9/h1-6H. The summed E-state index contributed by atoms with van der Waals surface area (Å²) in [5, 5.41) is 3.23. The maximum Gasteiger partial charge on any atom is 0.0412 e. The Hall–Kier alpha value is -0.280. The van der Waals surface area contributed by atoms with E-state index < -0.39 is 0 Å². The van der Waals surface area contributed by atoms with Crippen LogP contribution in [0.1, 0.15) is 0 Å². The van der Waals surface area contributed by atoms with Crippen LogP contribution < -0.4 is 0 Å². The third kappa shape index (κ3) is 1.57. The lowest BCUT2D eigenvalue weighted by Crippen LogP contribution is -1.74. The summed E-state index contributed by atoms with van der Waals surface area (Å²) in [5.74, 6) is 0. The first kappa shape index (κ1) is 8.32. The van der Waals surface area contributed by atoms with Crippen molar-refractivity contribution < 1.29 is 0 Å². The van der Waals surface area contributed by atoms with Crippen LogP contribution in [0.5, 0.6) is 0 Å². The van der Waals surface area contributed by atoms with Crippen LogP contribution in [-0.4, -0.2) is 0 Å². The van der Waals surface area contributed by atoms with Gasteiger partial charge in [0.15, 0.2) is 0 Å². The summed E-state index contributed by atoms with van der Waals surface area (Å²) in [7, 11) is 0. The number of hydrogen-bond donors (Lipinski definition) is 0. The first-order chi connectivity index (χ1) is 5.75. The second kappa shape index (κ2) is 3.23. The number of benzene rings is 2. The van der Waals surface area contributed by atoms with Crippen molar-refractivity contribution in [2.45, 2.75) is 0 Å². The number of halogens is 2. The molecule has 0 bridgehead atoms. The third-order valence-corrected chi connectivity index (χ3v) is 2.67. The van der Waals surface area contributed by atoms with Gasteiger partial charge in [-0.2, -0.15) is 0 Å². The van der Waals surface area contributed by atoms with Gasteiger partial charge in [-0.15, -0.1) is 0 Å². The molecule has 0 nitrogen and oxygen atoms in total. The molecule has 0 atom stereocenters. The van der Waals surface area contributed by atoms with Crippen LogP contribution in [0.15, 0.2) is 36.4 Å². The van der Waals surface area contributed by atoms with Crippen molar-refractivity contribution in [3.63, 3.8) is 0 Å². The Morgan fingerprint density at radius 3 is 2.50 bits per heavy atom. The molecule has 12 heavy (non-hydrogen) atoms. The Morgan fingerprint density at radius 2 is 1.67 bits per heavy atom. The zero-order valence-electron chi connectivity index (χ0n) is 6.22. The van der Waals surface area contributed by atoms with Gasteiger partial charge in [-0.3, -0.25) is 0 Å². The first-order valence-electron chi connectivity index (χ1n) is 3.60. The minimum Gasteiger partial charge on any atom is -0.0843 e. The number of fused-ring (bicyclic) bond motifs is 1. The second-order valence-corrected chi connectivity index (χ2v) is 4.32. The average Bonchev–Trinajstić information content (AvgIpc) is 2.03. The summed E-state index contributed by atoms with van der Waals surface area (Å²) in [6.07, 6.45) is 0. The monoisotopic (exact) mass is 288 g/mol. The van der Waals surface area contributed by atoms with E-state index in [1.807, 2.05) is 18.2 Å². The Labute approximate surface area is 89.7 Å². The van der Waals surface area contributed by atoms with Gasteiger partial charge in [-0.05, 0) is 57.6 Å². The predicted octanol–water partition coefficient (Wildman–Crippen LogP) is 4.10. The minimum atomic E-state index is 0.796. The highest BCUT2D eigenvalue weighted by Crippen LogP contribution is 2.21. The molecule has 0 aliphatic heterocycles. The van der Waals surface area contributed by atoms with Crippen LogP contribution in [0.3, 0.4) is 0 Å². The molecule has 0 heterocycles. The second-order valence-electron chi connectivity index (χ2n) is 2.64. The maximum atomic E-state index is 5.87. The van der Waals surface area contributed by atoms with Gasteiger partial charge < -0.3 is 0 Å². The quantitative estimate of drug-likeness (QED) is 0.640. The molecule has 0 fully saturated rings. The van der Waals surface area contributed by atoms with Gasteiger partial charge >= 0.3 is 0 Å². The fraction of sp³-hybridized carbons (Fsp3) is 0. The van der Waals surface area contributed by atoms with Crippen molar-refractivity contribution in [3.05, 3.63) is 45.0 Å². The van der Waals surface area contributed by atoms with Crippen LogP contribution in [0.4, 0.5) is 0 Å². The Bertz CT molecular complexity index is 386. The summed E-state index contributed by atoms with van der Waals surface area (Å²) >= 11 is 8.17. The van der Waals surface area contributed by atoms with Crippen molar-refractivity contribution in [2.24, 2.45) is 0 Å². The highest BCUT2D eigenvalue weighted by Gasteiger charge is 1.94. The molecule has 2 aromatic carbocycles. The summed E-state index contributed by atoms with van der Waals surface area (Å²) in [6.45, 7) is 0. The van der Waals surface area contributed by atoms with Crippen molar-refractivity contribution in [2.75, 3.05) is 0 Å². The molecule has 0 spiro atoms. The molecule has 0 saturated heterocycles. The van der Waals surface area contributed by atoms with E-state index in [1.165, 1.54) is 14.3 Å². The van der Waals surface area contributed by atoms with Crippen molar-refractivity contribution in [3.8, 4) is 0 Å². The van der Waals surface area contributed by atoms with Crippen molar-refractivity contribution >= 4 is 45.0 Å². The Morgan fingerprint density at radius 1 is 0.917 bits per heavy atom. The molecule has 0 radical (unpaired) electrons. The molecule has 60 valence electrons. The summed E-state index contributed by atoms with van der Waals surface area (Å²) < 4.78 is 1.24. The smallest absolute Gasteiger partial charge is 0.0412 e. The van der Waals surface area contributed by atoms with Crippen LogP contribution in [0.25, 0.3) is 10.8 Å². The van der Waals surface area contributed by atoms with E-state index in [9.17, 15) is 0 Å². The van der Waals surface area contributed by atoms with E-state index in [4.69, 9.17) is 11.6 Å². The van der Waals surface area contributed by atoms with E-state index >= 15 is 0 Å². The topological polar surface area (TPSA) is 0 Å². The zero-order valence-corrected chi connectivity index (χ0v) is 9.13. The molecule has 0 N–H and O–H groups in total. The molecular weight excluding hydrogens is 282 g/mol. The molecule has 2 heteroatoms. The predicted molar refractivity (Wildman–Crippen MR) is 61.7 cm³/mol. The van der Waals surface area contributed by atoms with Gasteiger partial charge in [0.2, 0.25) is 0 Å². The van der Waals surface area contributed by atoms with Crippen LogP contribution in [0, 0.1) is 3.57 Å². The van der Waals surface area contributed by atoms with E-state index in [-0.39, 0.29) is 0 Å². The lowest BCUT2D eigenvalue weighted by atomic mass is 10.1. The highest BCUT2D eigenvalue weighted by atomic mass is 127. The van der Waals surface area contributed by atoms with Crippen LogP contribution in [0.2, 0.25) is 5.02 Å². The molecule has 0 aliphatic rings. The molecule has 0 amide bonds. The van der Waals surface area contributed by atoms with Gasteiger partial charge in [0.05, 0.1) is 0 Å². The Kier molecular flexibility index (Phi) is 2.24. The minimum absolute atomic E-state index is 0.796. The van der Waals surface area contributed by atoms with Crippen molar-refractivity contribution in [1.82, 2.24) is 0 Å². The molecule has 0 aromatic heterocycles. The SMILES string of the molecule is Clc1ccc2ccc(I)cc2c1. The molecule has 0 unspecified atom stereocenters. The van der Waals surface area contributed by atoms with E-state index in [0.29, 0.717) is 0 Å². The van der Waals surface area contributed by atoms with Gasteiger partial charge in [0.25, 0.3) is 0 Å². The molecule has 2 aromatic rings. The number of hydrogen-bond acceptors (Lipinski definition) is 0. The normalized spacial score (nSPS) is 10.5. The van der Waals surface area contributed by atoms with Gasteiger partial charge in [0.1, 0.15) is 0 Å². The third-order valence-electron chi connectivity index (χ3n) is 1.76. The van der Waals surface area contributed by atoms with E-state index in [1.54, 1.807) is 0 Å². The fourth-order valence-corrected chi connectivity index (χ4v) is 1.88. The van der Waals surface area contributed by atoms with Gasteiger partial charge in [-0.25, -0.2) is 0 Å². The van der Waals surface area contributed by atoms with Crippen LogP contribution >= 0.6 is 34.2 Å². The van der Waals surface area contributed by atoms with Crippen LogP contribution in [-0.2, 0) is 0 Å². The first-order valence-corrected chi connectivity index (χ1v) is 5.06.